The highest BCUT2D eigenvalue weighted by Gasteiger charge is 2.27. The van der Waals surface area contributed by atoms with E-state index in [1.54, 1.807) is 0 Å². The number of nitrogens with one attached hydrogen (secondary N) is 3. The zero-order chi connectivity index (χ0) is 12.4. The molecule has 0 saturated carbocycles. The molecule has 98 valence electrons. The average molecular weight is 248 g/mol. The number of fused-ring (bicyclic) bond motifs is 1. The van der Waals surface area contributed by atoms with Crippen LogP contribution in [0.2, 0.25) is 0 Å². The Morgan fingerprint density at radius 2 is 2.28 bits per heavy atom. The van der Waals surface area contributed by atoms with Gasteiger partial charge in [0.05, 0.1) is 24.0 Å². The van der Waals surface area contributed by atoms with Crippen molar-refractivity contribution in [2.75, 3.05) is 6.54 Å². The summed E-state index contributed by atoms with van der Waals surface area (Å²) in [5.74, 6) is 0.141. The van der Waals surface area contributed by atoms with Gasteiger partial charge in [-0.15, -0.1) is 0 Å². The predicted molar refractivity (Wildman–Crippen MR) is 68.1 cm³/mol. The first-order chi connectivity index (χ1) is 8.84. The third kappa shape index (κ3) is 2.27. The Morgan fingerprint density at radius 3 is 3.11 bits per heavy atom. The average Bonchev–Trinajstić information content (AvgIpc) is 2.89. The van der Waals surface area contributed by atoms with Crippen molar-refractivity contribution in [3.63, 3.8) is 0 Å². The number of hydrogen-bond acceptors (Lipinski definition) is 3. The summed E-state index contributed by atoms with van der Waals surface area (Å²) >= 11 is 0. The van der Waals surface area contributed by atoms with Gasteiger partial charge >= 0.3 is 0 Å². The van der Waals surface area contributed by atoms with Crippen LogP contribution in [0.15, 0.2) is 6.20 Å². The summed E-state index contributed by atoms with van der Waals surface area (Å²) in [6, 6.07) is 0.111. The molecule has 1 aromatic heterocycles. The molecule has 1 fully saturated rings. The van der Waals surface area contributed by atoms with E-state index in [9.17, 15) is 4.79 Å². The van der Waals surface area contributed by atoms with E-state index in [1.807, 2.05) is 6.20 Å². The number of H-pyrrole nitrogens is 1. The van der Waals surface area contributed by atoms with E-state index in [0.717, 1.165) is 44.3 Å². The monoisotopic (exact) mass is 248 g/mol. The highest BCUT2D eigenvalue weighted by Crippen LogP contribution is 2.27. The molecule has 1 aliphatic heterocycles. The van der Waals surface area contributed by atoms with Crippen molar-refractivity contribution in [2.45, 2.75) is 50.6 Å². The number of piperidine rings is 1. The van der Waals surface area contributed by atoms with Crippen LogP contribution in [0.3, 0.4) is 0 Å². The predicted octanol–water partition coefficient (Wildman–Crippen LogP) is 1.05. The minimum atomic E-state index is -0.00736. The topological polar surface area (TPSA) is 69.8 Å². The van der Waals surface area contributed by atoms with Gasteiger partial charge in [-0.1, -0.05) is 6.42 Å². The summed E-state index contributed by atoms with van der Waals surface area (Å²) in [4.78, 5) is 12.2. The van der Waals surface area contributed by atoms with E-state index in [1.165, 1.54) is 12.0 Å². The third-order valence-corrected chi connectivity index (χ3v) is 3.98. The van der Waals surface area contributed by atoms with Gasteiger partial charge in [-0.3, -0.25) is 9.89 Å². The summed E-state index contributed by atoms with van der Waals surface area (Å²) in [7, 11) is 0. The van der Waals surface area contributed by atoms with Gasteiger partial charge < -0.3 is 10.6 Å². The summed E-state index contributed by atoms with van der Waals surface area (Å²) < 4.78 is 0. The van der Waals surface area contributed by atoms with Crippen molar-refractivity contribution in [1.82, 2.24) is 20.8 Å². The van der Waals surface area contributed by atoms with Gasteiger partial charge in [0.1, 0.15) is 0 Å². The molecule has 2 aliphatic rings. The minimum absolute atomic E-state index is 0.00736. The van der Waals surface area contributed by atoms with Crippen molar-refractivity contribution >= 4 is 5.91 Å². The smallest absolute Gasteiger partial charge is 0.237 e. The lowest BCUT2D eigenvalue weighted by molar-refractivity contribution is -0.124. The Bertz CT molecular complexity index is 422. The van der Waals surface area contributed by atoms with Crippen LogP contribution in [0.1, 0.15) is 49.4 Å². The largest absolute Gasteiger partial charge is 0.346 e. The maximum absolute atomic E-state index is 12.2. The third-order valence-electron chi connectivity index (χ3n) is 3.98. The summed E-state index contributed by atoms with van der Waals surface area (Å²) in [5, 5.41) is 13.6. The van der Waals surface area contributed by atoms with Crippen LogP contribution in [0.25, 0.3) is 0 Å². The Kier molecular flexibility index (Phi) is 3.32. The van der Waals surface area contributed by atoms with E-state index in [-0.39, 0.29) is 18.0 Å². The number of carbonyl (C=O) groups is 1. The fraction of sp³-hybridized carbons (Fsp3) is 0.692. The molecular formula is C13H20N4O. The van der Waals surface area contributed by atoms with Gasteiger partial charge in [0.15, 0.2) is 0 Å². The molecule has 1 amide bonds. The molecule has 5 heteroatoms. The molecule has 18 heavy (non-hydrogen) atoms. The maximum Gasteiger partial charge on any atom is 0.237 e. The highest BCUT2D eigenvalue weighted by atomic mass is 16.2. The van der Waals surface area contributed by atoms with Gasteiger partial charge in [-0.2, -0.15) is 5.10 Å². The quantitative estimate of drug-likeness (QED) is 0.732. The van der Waals surface area contributed by atoms with Crippen molar-refractivity contribution in [1.29, 1.82) is 0 Å². The fourth-order valence-electron chi connectivity index (χ4n) is 2.96. The minimum Gasteiger partial charge on any atom is -0.346 e. The van der Waals surface area contributed by atoms with Crippen LogP contribution in [0.4, 0.5) is 0 Å². The molecule has 5 nitrogen and oxygen atoms in total. The lowest BCUT2D eigenvalue weighted by Gasteiger charge is -2.27. The number of aryl methyl sites for hydroxylation is 1. The van der Waals surface area contributed by atoms with Crippen LogP contribution in [-0.2, 0) is 11.2 Å². The molecule has 0 spiro atoms. The first-order valence-corrected chi connectivity index (χ1v) is 6.90. The number of hydrogen-bond donors (Lipinski definition) is 3. The van der Waals surface area contributed by atoms with Crippen LogP contribution < -0.4 is 10.6 Å². The van der Waals surface area contributed by atoms with Gasteiger partial charge in [0.2, 0.25) is 5.91 Å². The van der Waals surface area contributed by atoms with Crippen LogP contribution in [0.5, 0.6) is 0 Å². The Hall–Kier alpha value is -1.36. The van der Waals surface area contributed by atoms with Crippen LogP contribution in [0, 0.1) is 0 Å². The van der Waals surface area contributed by atoms with E-state index < -0.39 is 0 Å². The van der Waals surface area contributed by atoms with Gasteiger partial charge in [0.25, 0.3) is 0 Å². The number of aromatic nitrogens is 2. The molecule has 2 unspecified atom stereocenters. The molecule has 1 aliphatic carbocycles. The number of rotatable bonds is 2. The van der Waals surface area contributed by atoms with Crippen molar-refractivity contribution in [3.05, 3.63) is 17.5 Å². The maximum atomic E-state index is 12.2. The first kappa shape index (κ1) is 11.7. The zero-order valence-corrected chi connectivity index (χ0v) is 10.5. The zero-order valence-electron chi connectivity index (χ0n) is 10.5. The van der Waals surface area contributed by atoms with E-state index in [0.29, 0.717) is 0 Å². The number of amides is 1. The summed E-state index contributed by atoms with van der Waals surface area (Å²) in [6.07, 6.45) is 8.35. The van der Waals surface area contributed by atoms with Crippen LogP contribution >= 0.6 is 0 Å². The molecule has 3 rings (SSSR count). The number of aromatic amines is 1. The van der Waals surface area contributed by atoms with Crippen molar-refractivity contribution in [3.8, 4) is 0 Å². The number of carbonyl (C=O) groups excluding carboxylic acids is 1. The molecule has 3 N–H and O–H groups in total. The molecule has 1 aromatic rings. The standard InChI is InChI=1S/C13H20N4O/c18-13(11-5-1-2-7-14-11)16-10-6-3-4-9-8-15-17-12(9)10/h8,10-11,14H,1-7H2,(H,15,17)(H,16,18). The van der Waals surface area contributed by atoms with Gasteiger partial charge in [-0.05, 0) is 44.2 Å². The molecular weight excluding hydrogens is 228 g/mol. The second kappa shape index (κ2) is 5.10. The van der Waals surface area contributed by atoms with Gasteiger partial charge in [0, 0.05) is 0 Å². The molecule has 0 aromatic carbocycles. The fourth-order valence-corrected chi connectivity index (χ4v) is 2.96. The molecule has 0 bridgehead atoms. The SMILES string of the molecule is O=C(NC1CCCc2cn[nH]c21)C1CCCCN1. The molecule has 1 saturated heterocycles. The summed E-state index contributed by atoms with van der Waals surface area (Å²) in [5.41, 5.74) is 2.36. The Balaban J connectivity index is 1.65. The first-order valence-electron chi connectivity index (χ1n) is 6.90. The normalized spacial score (nSPS) is 27.6. The second-order valence-electron chi connectivity index (χ2n) is 5.26. The second-order valence-corrected chi connectivity index (χ2v) is 5.26. The van der Waals surface area contributed by atoms with E-state index in [2.05, 4.69) is 20.8 Å². The van der Waals surface area contributed by atoms with Gasteiger partial charge in [-0.25, -0.2) is 0 Å². The highest BCUT2D eigenvalue weighted by molar-refractivity contribution is 5.82. The van der Waals surface area contributed by atoms with Crippen LogP contribution in [-0.4, -0.2) is 28.7 Å². The molecule has 2 heterocycles. The molecule has 0 radical (unpaired) electrons. The summed E-state index contributed by atoms with van der Waals surface area (Å²) in [6.45, 7) is 0.956. The number of nitrogens with zero attached hydrogens (tertiary/aromatic N) is 1. The van der Waals surface area contributed by atoms with Crippen molar-refractivity contribution in [2.24, 2.45) is 0 Å². The molecule has 2 atom stereocenters. The Morgan fingerprint density at radius 1 is 1.33 bits per heavy atom. The lowest BCUT2D eigenvalue weighted by atomic mass is 9.93. The lowest BCUT2D eigenvalue weighted by Crippen LogP contribution is -2.47. The van der Waals surface area contributed by atoms with Crippen molar-refractivity contribution < 1.29 is 4.79 Å². The Labute approximate surface area is 107 Å². The van der Waals surface area contributed by atoms with E-state index in [4.69, 9.17) is 0 Å². The van der Waals surface area contributed by atoms with E-state index >= 15 is 0 Å².